The first-order valence-electron chi connectivity index (χ1n) is 5.92. The molecule has 3 aromatic rings. The summed E-state index contributed by atoms with van der Waals surface area (Å²) in [4.78, 5) is 4.15. The number of halogens is 2. The molecule has 20 heavy (non-hydrogen) atoms. The van der Waals surface area contributed by atoms with E-state index in [-0.39, 0.29) is 11.3 Å². The highest BCUT2D eigenvalue weighted by atomic mass is 19.1. The van der Waals surface area contributed by atoms with Crippen molar-refractivity contribution in [3.8, 4) is 22.8 Å². The van der Waals surface area contributed by atoms with Crippen LogP contribution in [0.4, 0.5) is 8.78 Å². The smallest absolute Gasteiger partial charge is 0.160 e. The van der Waals surface area contributed by atoms with Gasteiger partial charge in [0, 0.05) is 25.0 Å². The Kier molecular flexibility index (Phi) is 2.98. The minimum atomic E-state index is -0.537. The lowest BCUT2D eigenvalue weighted by molar-refractivity contribution is 0.602. The molecule has 0 aliphatic heterocycles. The highest BCUT2D eigenvalue weighted by Crippen LogP contribution is 2.22. The number of nitrogens with zero attached hydrogens (tertiary/aromatic N) is 4. The van der Waals surface area contributed by atoms with Gasteiger partial charge >= 0.3 is 0 Å². The van der Waals surface area contributed by atoms with Gasteiger partial charge in [-0.15, -0.1) is 10.2 Å². The zero-order valence-corrected chi connectivity index (χ0v) is 10.6. The van der Waals surface area contributed by atoms with Crippen molar-refractivity contribution in [2.75, 3.05) is 0 Å². The maximum atomic E-state index is 13.6. The normalized spacial score (nSPS) is 10.8. The fourth-order valence-corrected chi connectivity index (χ4v) is 1.90. The number of aromatic nitrogens is 4. The first kappa shape index (κ1) is 12.4. The highest BCUT2D eigenvalue weighted by Gasteiger charge is 2.10. The van der Waals surface area contributed by atoms with Gasteiger partial charge in [0.05, 0.1) is 5.69 Å². The van der Waals surface area contributed by atoms with Gasteiger partial charge < -0.3 is 4.57 Å². The van der Waals surface area contributed by atoms with E-state index < -0.39 is 11.6 Å². The zero-order chi connectivity index (χ0) is 14.1. The van der Waals surface area contributed by atoms with E-state index in [4.69, 9.17) is 0 Å². The molecule has 0 amide bonds. The van der Waals surface area contributed by atoms with E-state index in [1.54, 1.807) is 29.1 Å². The number of imidazole rings is 1. The third kappa shape index (κ3) is 2.16. The summed E-state index contributed by atoms with van der Waals surface area (Å²) in [6.07, 6.45) is 3.44. The predicted octanol–water partition coefficient (Wildman–Crippen LogP) is 2.82. The van der Waals surface area contributed by atoms with Crippen molar-refractivity contribution in [3.05, 3.63) is 54.4 Å². The summed E-state index contributed by atoms with van der Waals surface area (Å²) in [5.74, 6) is -0.398. The Morgan fingerprint density at radius 3 is 2.40 bits per heavy atom. The Balaban J connectivity index is 2.01. The summed E-state index contributed by atoms with van der Waals surface area (Å²) in [5, 5.41) is 7.94. The molecule has 0 aliphatic rings. The Morgan fingerprint density at radius 1 is 1.00 bits per heavy atom. The minimum Gasteiger partial charge on any atom is -0.333 e. The van der Waals surface area contributed by atoms with Crippen LogP contribution < -0.4 is 0 Å². The van der Waals surface area contributed by atoms with E-state index in [1.807, 2.05) is 7.05 Å². The van der Waals surface area contributed by atoms with Crippen LogP contribution in [-0.2, 0) is 7.05 Å². The van der Waals surface area contributed by atoms with Gasteiger partial charge in [0.2, 0.25) is 0 Å². The lowest BCUT2D eigenvalue weighted by Gasteiger charge is -2.04. The third-order valence-electron chi connectivity index (χ3n) is 2.92. The maximum absolute atomic E-state index is 13.6. The van der Waals surface area contributed by atoms with Gasteiger partial charge in [-0.3, -0.25) is 0 Å². The summed E-state index contributed by atoms with van der Waals surface area (Å²) in [7, 11) is 1.84. The number of benzene rings is 1. The second-order valence-corrected chi connectivity index (χ2v) is 4.29. The lowest BCUT2D eigenvalue weighted by atomic mass is 10.1. The molecule has 0 aliphatic carbocycles. The van der Waals surface area contributed by atoms with Crippen molar-refractivity contribution >= 4 is 0 Å². The van der Waals surface area contributed by atoms with Gasteiger partial charge in [0.1, 0.15) is 17.3 Å². The van der Waals surface area contributed by atoms with E-state index in [9.17, 15) is 8.78 Å². The summed E-state index contributed by atoms with van der Waals surface area (Å²) in [6, 6.07) is 6.50. The van der Waals surface area contributed by atoms with Crippen molar-refractivity contribution in [2.24, 2.45) is 7.05 Å². The van der Waals surface area contributed by atoms with Crippen LogP contribution in [0.2, 0.25) is 0 Å². The molecule has 3 rings (SSSR count). The molecule has 0 saturated heterocycles. The molecule has 0 radical (unpaired) electrons. The van der Waals surface area contributed by atoms with Gasteiger partial charge in [-0.1, -0.05) is 0 Å². The fraction of sp³-hybridized carbons (Fsp3) is 0.0714. The van der Waals surface area contributed by atoms with Crippen LogP contribution in [0, 0.1) is 11.6 Å². The van der Waals surface area contributed by atoms with E-state index >= 15 is 0 Å². The number of rotatable bonds is 2. The minimum absolute atomic E-state index is 0.0869. The van der Waals surface area contributed by atoms with Crippen LogP contribution in [0.15, 0.2) is 42.7 Å². The van der Waals surface area contributed by atoms with E-state index in [0.717, 1.165) is 18.2 Å². The molecular formula is C14H10F2N4. The molecule has 6 heteroatoms. The molecule has 0 fully saturated rings. The maximum Gasteiger partial charge on any atom is 0.160 e. The summed E-state index contributed by atoms with van der Waals surface area (Å²) < 4.78 is 28.6. The molecule has 0 atom stereocenters. The third-order valence-corrected chi connectivity index (χ3v) is 2.92. The van der Waals surface area contributed by atoms with Crippen LogP contribution >= 0.6 is 0 Å². The Bertz CT molecular complexity index is 750. The average Bonchev–Trinajstić information content (AvgIpc) is 2.88. The molecule has 1 aromatic carbocycles. The molecule has 0 unspecified atom stereocenters. The Morgan fingerprint density at radius 2 is 1.75 bits per heavy atom. The number of hydrogen-bond donors (Lipinski definition) is 0. The summed E-state index contributed by atoms with van der Waals surface area (Å²) in [6.45, 7) is 0. The zero-order valence-electron chi connectivity index (χ0n) is 10.6. The topological polar surface area (TPSA) is 43.6 Å². The van der Waals surface area contributed by atoms with E-state index in [2.05, 4.69) is 15.2 Å². The first-order valence-corrected chi connectivity index (χ1v) is 5.92. The Labute approximate surface area is 113 Å². The molecular weight excluding hydrogens is 262 g/mol. The molecule has 0 saturated carbocycles. The van der Waals surface area contributed by atoms with Crippen LogP contribution in [0.3, 0.4) is 0 Å². The van der Waals surface area contributed by atoms with Crippen LogP contribution in [-0.4, -0.2) is 19.7 Å². The number of hydrogen-bond acceptors (Lipinski definition) is 3. The molecule has 4 nitrogen and oxygen atoms in total. The van der Waals surface area contributed by atoms with Crippen LogP contribution in [0.5, 0.6) is 0 Å². The SMILES string of the molecule is Cn1ccnc1-c1ccc(-c2cc(F)ccc2F)nn1. The van der Waals surface area contributed by atoms with Crippen molar-refractivity contribution in [2.45, 2.75) is 0 Å². The van der Waals surface area contributed by atoms with Crippen LogP contribution in [0.25, 0.3) is 22.8 Å². The second kappa shape index (κ2) is 4.80. The molecule has 0 spiro atoms. The molecule has 100 valence electrons. The van der Waals surface area contributed by atoms with Gasteiger partial charge in [-0.2, -0.15) is 0 Å². The number of aryl methyl sites for hydroxylation is 1. The van der Waals surface area contributed by atoms with E-state index in [0.29, 0.717) is 11.5 Å². The van der Waals surface area contributed by atoms with Crippen molar-refractivity contribution in [3.63, 3.8) is 0 Å². The Hall–Kier alpha value is -2.63. The van der Waals surface area contributed by atoms with Crippen LogP contribution in [0.1, 0.15) is 0 Å². The highest BCUT2D eigenvalue weighted by molar-refractivity contribution is 5.61. The largest absolute Gasteiger partial charge is 0.333 e. The predicted molar refractivity (Wildman–Crippen MR) is 69.6 cm³/mol. The van der Waals surface area contributed by atoms with E-state index in [1.165, 1.54) is 0 Å². The van der Waals surface area contributed by atoms with Crippen molar-refractivity contribution in [1.29, 1.82) is 0 Å². The van der Waals surface area contributed by atoms with Gasteiger partial charge in [0.25, 0.3) is 0 Å². The monoisotopic (exact) mass is 272 g/mol. The quantitative estimate of drug-likeness (QED) is 0.720. The van der Waals surface area contributed by atoms with Gasteiger partial charge in [-0.05, 0) is 30.3 Å². The molecule has 0 N–H and O–H groups in total. The fourth-order valence-electron chi connectivity index (χ4n) is 1.90. The van der Waals surface area contributed by atoms with Gasteiger partial charge in [0.15, 0.2) is 5.82 Å². The second-order valence-electron chi connectivity index (χ2n) is 4.29. The van der Waals surface area contributed by atoms with Gasteiger partial charge in [-0.25, -0.2) is 13.8 Å². The molecule has 2 heterocycles. The van der Waals surface area contributed by atoms with Crippen molar-refractivity contribution in [1.82, 2.24) is 19.7 Å². The standard InChI is InChI=1S/C14H10F2N4/c1-20-7-6-17-14(20)13-5-4-12(18-19-13)10-8-9(15)2-3-11(10)16/h2-8H,1H3. The average molecular weight is 272 g/mol. The molecule has 0 bridgehead atoms. The summed E-state index contributed by atoms with van der Waals surface area (Å²) in [5.41, 5.74) is 0.932. The first-order chi connectivity index (χ1) is 9.65. The molecule has 2 aromatic heterocycles. The lowest BCUT2D eigenvalue weighted by Crippen LogP contribution is -1.97. The summed E-state index contributed by atoms with van der Waals surface area (Å²) >= 11 is 0. The van der Waals surface area contributed by atoms with Crippen molar-refractivity contribution < 1.29 is 8.78 Å².